The monoisotopic (exact) mass is 159 g/mol. The average molecular weight is 159 g/mol. The minimum atomic E-state index is 0.258. The summed E-state index contributed by atoms with van der Waals surface area (Å²) in [7, 11) is 0. The molecular weight excluding hydrogens is 150 g/mol. The Morgan fingerprint density at radius 1 is 1.58 bits per heavy atom. The molecule has 0 bridgehead atoms. The smallest absolute Gasteiger partial charge is 0.123 e. The molecule has 1 aliphatic heterocycles. The molecular formula is C10H9NO. The van der Waals surface area contributed by atoms with Gasteiger partial charge in [0.25, 0.3) is 0 Å². The zero-order chi connectivity index (χ0) is 8.55. The highest BCUT2D eigenvalue weighted by Crippen LogP contribution is 2.28. The molecule has 0 unspecified atom stereocenters. The van der Waals surface area contributed by atoms with E-state index in [1.54, 1.807) is 6.07 Å². The van der Waals surface area contributed by atoms with Crippen molar-refractivity contribution in [3.05, 3.63) is 29.3 Å². The first-order chi connectivity index (χ1) is 5.79. The Morgan fingerprint density at radius 3 is 3.17 bits per heavy atom. The maximum atomic E-state index is 8.64. The average Bonchev–Trinajstić information content (AvgIpc) is 2.43. The maximum absolute atomic E-state index is 8.64. The van der Waals surface area contributed by atoms with Crippen molar-refractivity contribution in [1.29, 1.82) is 5.26 Å². The number of rotatable bonds is 0. The van der Waals surface area contributed by atoms with Gasteiger partial charge in [0.1, 0.15) is 11.9 Å². The van der Waals surface area contributed by atoms with Crippen LogP contribution in [0.15, 0.2) is 18.2 Å². The number of ether oxygens (including phenoxy) is 1. The second-order valence-corrected chi connectivity index (χ2v) is 3.07. The van der Waals surface area contributed by atoms with E-state index in [1.165, 1.54) is 0 Å². The summed E-state index contributed by atoms with van der Waals surface area (Å²) in [5.41, 5.74) is 1.87. The highest BCUT2D eigenvalue weighted by molar-refractivity contribution is 5.44. The summed E-state index contributed by atoms with van der Waals surface area (Å²) in [5, 5.41) is 8.64. The van der Waals surface area contributed by atoms with E-state index >= 15 is 0 Å². The molecule has 2 heteroatoms. The minimum Gasteiger partial charge on any atom is -0.490 e. The van der Waals surface area contributed by atoms with Crippen LogP contribution in [0.4, 0.5) is 0 Å². The van der Waals surface area contributed by atoms with E-state index in [1.807, 2.05) is 19.1 Å². The summed E-state index contributed by atoms with van der Waals surface area (Å²) in [6, 6.07) is 7.68. The van der Waals surface area contributed by atoms with Crippen molar-refractivity contribution in [2.45, 2.75) is 19.4 Å². The van der Waals surface area contributed by atoms with Crippen LogP contribution in [0, 0.1) is 11.3 Å². The molecule has 1 aliphatic rings. The highest BCUT2D eigenvalue weighted by Gasteiger charge is 2.18. The molecule has 60 valence electrons. The summed E-state index contributed by atoms with van der Waals surface area (Å²) in [5.74, 6) is 0.932. The topological polar surface area (TPSA) is 33.0 Å². The van der Waals surface area contributed by atoms with Crippen molar-refractivity contribution in [3.8, 4) is 11.8 Å². The van der Waals surface area contributed by atoms with E-state index in [0.717, 1.165) is 17.7 Å². The molecule has 0 amide bonds. The lowest BCUT2D eigenvalue weighted by molar-refractivity contribution is 0.254. The maximum Gasteiger partial charge on any atom is 0.123 e. The Kier molecular flexibility index (Phi) is 1.51. The molecule has 0 spiro atoms. The van der Waals surface area contributed by atoms with E-state index in [2.05, 4.69) is 6.07 Å². The fourth-order valence-corrected chi connectivity index (χ4v) is 1.49. The van der Waals surface area contributed by atoms with Crippen molar-refractivity contribution < 1.29 is 4.74 Å². The van der Waals surface area contributed by atoms with Crippen LogP contribution in [-0.4, -0.2) is 6.10 Å². The first-order valence-corrected chi connectivity index (χ1v) is 3.99. The molecule has 0 aromatic heterocycles. The third-order valence-corrected chi connectivity index (χ3v) is 2.03. The van der Waals surface area contributed by atoms with Gasteiger partial charge in [0.05, 0.1) is 11.6 Å². The number of nitriles is 1. The highest BCUT2D eigenvalue weighted by atomic mass is 16.5. The molecule has 1 aromatic rings. The van der Waals surface area contributed by atoms with Gasteiger partial charge in [0, 0.05) is 6.42 Å². The van der Waals surface area contributed by atoms with Crippen LogP contribution < -0.4 is 4.74 Å². The first-order valence-electron chi connectivity index (χ1n) is 3.99. The van der Waals surface area contributed by atoms with Gasteiger partial charge in [-0.2, -0.15) is 5.26 Å². The molecule has 0 N–H and O–H groups in total. The van der Waals surface area contributed by atoms with E-state index < -0.39 is 0 Å². The second-order valence-electron chi connectivity index (χ2n) is 3.07. The van der Waals surface area contributed by atoms with Crippen molar-refractivity contribution >= 4 is 0 Å². The quantitative estimate of drug-likeness (QED) is 0.579. The van der Waals surface area contributed by atoms with Crippen molar-refractivity contribution in [2.75, 3.05) is 0 Å². The molecule has 1 atom stereocenters. The number of hydrogen-bond donors (Lipinski definition) is 0. The standard InChI is InChI=1S/C10H9NO/c1-7-4-9-5-8(6-11)2-3-10(9)12-7/h2-3,5,7H,4H2,1H3/t7-/m0/s1. The van der Waals surface area contributed by atoms with Crippen LogP contribution in [0.3, 0.4) is 0 Å². The van der Waals surface area contributed by atoms with Gasteiger partial charge in [-0.05, 0) is 30.7 Å². The van der Waals surface area contributed by atoms with Crippen molar-refractivity contribution in [3.63, 3.8) is 0 Å². The fourth-order valence-electron chi connectivity index (χ4n) is 1.49. The number of fused-ring (bicyclic) bond motifs is 1. The normalized spacial score (nSPS) is 19.5. The number of nitrogens with zero attached hydrogens (tertiary/aromatic N) is 1. The zero-order valence-corrected chi connectivity index (χ0v) is 6.87. The van der Waals surface area contributed by atoms with Crippen LogP contribution >= 0.6 is 0 Å². The Balaban J connectivity index is 2.44. The third-order valence-electron chi connectivity index (χ3n) is 2.03. The molecule has 12 heavy (non-hydrogen) atoms. The largest absolute Gasteiger partial charge is 0.490 e. The Morgan fingerprint density at radius 2 is 2.42 bits per heavy atom. The van der Waals surface area contributed by atoms with Gasteiger partial charge in [-0.25, -0.2) is 0 Å². The molecule has 0 saturated carbocycles. The van der Waals surface area contributed by atoms with Gasteiger partial charge < -0.3 is 4.74 Å². The summed E-state index contributed by atoms with van der Waals surface area (Å²) in [6.07, 6.45) is 1.18. The predicted molar refractivity (Wildman–Crippen MR) is 45.0 cm³/mol. The van der Waals surface area contributed by atoms with Gasteiger partial charge in [-0.1, -0.05) is 0 Å². The second kappa shape index (κ2) is 2.53. The Labute approximate surface area is 71.4 Å². The minimum absolute atomic E-state index is 0.258. The van der Waals surface area contributed by atoms with Gasteiger partial charge >= 0.3 is 0 Å². The number of benzene rings is 1. The van der Waals surface area contributed by atoms with Gasteiger partial charge in [0.15, 0.2) is 0 Å². The van der Waals surface area contributed by atoms with E-state index in [0.29, 0.717) is 5.56 Å². The van der Waals surface area contributed by atoms with E-state index in [4.69, 9.17) is 10.00 Å². The SMILES string of the molecule is C[C@H]1Cc2cc(C#N)ccc2O1. The van der Waals surface area contributed by atoms with Gasteiger partial charge in [-0.3, -0.25) is 0 Å². The molecule has 2 rings (SSSR count). The molecule has 0 aliphatic carbocycles. The molecule has 1 aromatic carbocycles. The molecule has 1 heterocycles. The van der Waals surface area contributed by atoms with Gasteiger partial charge in [-0.15, -0.1) is 0 Å². The lowest BCUT2D eigenvalue weighted by Gasteiger charge is -2.00. The third kappa shape index (κ3) is 1.04. The summed E-state index contributed by atoms with van der Waals surface area (Å²) < 4.78 is 5.50. The zero-order valence-electron chi connectivity index (χ0n) is 6.87. The summed E-state index contributed by atoms with van der Waals surface area (Å²) >= 11 is 0. The van der Waals surface area contributed by atoms with E-state index in [-0.39, 0.29) is 6.10 Å². The molecule has 2 nitrogen and oxygen atoms in total. The van der Waals surface area contributed by atoms with Crippen LogP contribution in [0.5, 0.6) is 5.75 Å². The van der Waals surface area contributed by atoms with Gasteiger partial charge in [0.2, 0.25) is 0 Å². The van der Waals surface area contributed by atoms with Crippen LogP contribution in [0.1, 0.15) is 18.1 Å². The lowest BCUT2D eigenvalue weighted by Crippen LogP contribution is -2.05. The van der Waals surface area contributed by atoms with E-state index in [9.17, 15) is 0 Å². The molecule has 0 saturated heterocycles. The van der Waals surface area contributed by atoms with Crippen LogP contribution in [-0.2, 0) is 6.42 Å². The first kappa shape index (κ1) is 7.17. The Hall–Kier alpha value is -1.49. The van der Waals surface area contributed by atoms with Crippen LogP contribution in [0.2, 0.25) is 0 Å². The predicted octanol–water partition coefficient (Wildman–Crippen LogP) is 1.88. The number of hydrogen-bond acceptors (Lipinski definition) is 2. The Bertz CT molecular complexity index is 351. The van der Waals surface area contributed by atoms with Crippen molar-refractivity contribution in [2.24, 2.45) is 0 Å². The molecule has 0 fully saturated rings. The van der Waals surface area contributed by atoms with Crippen molar-refractivity contribution in [1.82, 2.24) is 0 Å². The lowest BCUT2D eigenvalue weighted by atomic mass is 10.1. The molecule has 0 radical (unpaired) electrons. The summed E-state index contributed by atoms with van der Waals surface area (Å²) in [4.78, 5) is 0. The van der Waals surface area contributed by atoms with Crippen LogP contribution in [0.25, 0.3) is 0 Å². The fraction of sp³-hybridized carbons (Fsp3) is 0.300. The summed E-state index contributed by atoms with van der Waals surface area (Å²) in [6.45, 7) is 2.03.